The maximum Gasteiger partial charge on any atom is 0.251 e. The van der Waals surface area contributed by atoms with Gasteiger partial charge in [0.05, 0.1) is 6.54 Å². The zero-order valence-corrected chi connectivity index (χ0v) is 12.9. The molecular formula is C16H15BrN2O2. The first-order chi connectivity index (χ1) is 10.1. The number of nitrogens with one attached hydrogen (secondary N) is 2. The van der Waals surface area contributed by atoms with Crippen LogP contribution in [0.1, 0.15) is 15.9 Å². The van der Waals surface area contributed by atoms with E-state index in [1.807, 2.05) is 30.3 Å². The molecule has 0 aliphatic heterocycles. The molecule has 108 valence electrons. The third-order valence-electron chi connectivity index (χ3n) is 2.85. The van der Waals surface area contributed by atoms with Gasteiger partial charge in [0.1, 0.15) is 0 Å². The lowest BCUT2D eigenvalue weighted by Crippen LogP contribution is -2.36. The summed E-state index contributed by atoms with van der Waals surface area (Å²) in [6.07, 6.45) is 0. The van der Waals surface area contributed by atoms with Gasteiger partial charge in [0, 0.05) is 16.6 Å². The summed E-state index contributed by atoms with van der Waals surface area (Å²) in [5.74, 6) is -0.475. The fraction of sp³-hybridized carbons (Fsp3) is 0.125. The number of benzene rings is 2. The van der Waals surface area contributed by atoms with E-state index in [1.54, 1.807) is 24.3 Å². The summed E-state index contributed by atoms with van der Waals surface area (Å²) in [6.45, 7) is 0.400. The number of rotatable bonds is 5. The standard InChI is InChI=1S/C16H15BrN2O2/c17-14-8-6-12(7-9-14)10-18-15(20)11-19-16(21)13-4-2-1-3-5-13/h1-9H,10-11H2,(H,18,20)(H,19,21). The van der Waals surface area contributed by atoms with Gasteiger partial charge in [-0.15, -0.1) is 0 Å². The molecule has 2 aromatic rings. The molecule has 0 spiro atoms. The first kappa shape index (κ1) is 15.3. The van der Waals surface area contributed by atoms with Crippen LogP contribution in [0.5, 0.6) is 0 Å². The van der Waals surface area contributed by atoms with Crippen LogP contribution in [0.25, 0.3) is 0 Å². The largest absolute Gasteiger partial charge is 0.350 e. The Morgan fingerprint density at radius 3 is 2.24 bits per heavy atom. The SMILES string of the molecule is O=C(CNC(=O)c1ccccc1)NCc1ccc(Br)cc1. The van der Waals surface area contributed by atoms with Gasteiger partial charge in [-0.2, -0.15) is 0 Å². The second kappa shape index (κ2) is 7.59. The molecule has 0 aliphatic carbocycles. The molecule has 0 bridgehead atoms. The van der Waals surface area contributed by atoms with E-state index in [-0.39, 0.29) is 18.4 Å². The second-order valence-corrected chi connectivity index (χ2v) is 5.37. The molecule has 2 N–H and O–H groups in total. The van der Waals surface area contributed by atoms with E-state index in [2.05, 4.69) is 26.6 Å². The van der Waals surface area contributed by atoms with E-state index < -0.39 is 0 Å². The molecule has 0 heterocycles. The highest BCUT2D eigenvalue weighted by Gasteiger charge is 2.07. The van der Waals surface area contributed by atoms with E-state index in [0.29, 0.717) is 12.1 Å². The molecule has 0 atom stereocenters. The quantitative estimate of drug-likeness (QED) is 0.873. The van der Waals surface area contributed by atoms with Crippen molar-refractivity contribution >= 4 is 27.7 Å². The minimum Gasteiger partial charge on any atom is -0.350 e. The van der Waals surface area contributed by atoms with Gasteiger partial charge in [-0.1, -0.05) is 46.3 Å². The van der Waals surface area contributed by atoms with Crippen molar-refractivity contribution < 1.29 is 9.59 Å². The number of hydrogen-bond donors (Lipinski definition) is 2. The Balaban J connectivity index is 1.75. The van der Waals surface area contributed by atoms with Crippen LogP contribution in [0.4, 0.5) is 0 Å². The van der Waals surface area contributed by atoms with Crippen LogP contribution in [-0.2, 0) is 11.3 Å². The van der Waals surface area contributed by atoms with E-state index in [4.69, 9.17) is 0 Å². The zero-order chi connectivity index (χ0) is 15.1. The van der Waals surface area contributed by atoms with Crippen LogP contribution in [0.2, 0.25) is 0 Å². The first-order valence-corrected chi connectivity index (χ1v) is 7.29. The topological polar surface area (TPSA) is 58.2 Å². The van der Waals surface area contributed by atoms with Crippen LogP contribution in [-0.4, -0.2) is 18.4 Å². The van der Waals surface area contributed by atoms with Gasteiger partial charge in [-0.05, 0) is 29.8 Å². The average Bonchev–Trinajstić information content (AvgIpc) is 2.53. The predicted molar refractivity (Wildman–Crippen MR) is 84.8 cm³/mol. The first-order valence-electron chi connectivity index (χ1n) is 6.49. The van der Waals surface area contributed by atoms with Crippen molar-refractivity contribution in [3.05, 3.63) is 70.2 Å². The minimum absolute atomic E-state index is 0.0374. The predicted octanol–water partition coefficient (Wildman–Crippen LogP) is 2.50. The van der Waals surface area contributed by atoms with Crippen LogP contribution >= 0.6 is 15.9 Å². The number of halogens is 1. The normalized spacial score (nSPS) is 9.95. The Morgan fingerprint density at radius 1 is 0.905 bits per heavy atom. The maximum atomic E-state index is 11.8. The zero-order valence-electron chi connectivity index (χ0n) is 11.3. The highest BCUT2D eigenvalue weighted by molar-refractivity contribution is 9.10. The molecule has 0 saturated carbocycles. The van der Waals surface area contributed by atoms with Crippen LogP contribution in [0, 0.1) is 0 Å². The van der Waals surface area contributed by atoms with E-state index >= 15 is 0 Å². The summed E-state index contributed by atoms with van der Waals surface area (Å²) in [6, 6.07) is 16.5. The van der Waals surface area contributed by atoms with Gasteiger partial charge in [-0.3, -0.25) is 9.59 Å². The lowest BCUT2D eigenvalue weighted by molar-refractivity contribution is -0.120. The minimum atomic E-state index is -0.255. The van der Waals surface area contributed by atoms with Crippen molar-refractivity contribution in [2.24, 2.45) is 0 Å². The van der Waals surface area contributed by atoms with Gasteiger partial charge < -0.3 is 10.6 Å². The van der Waals surface area contributed by atoms with E-state index in [0.717, 1.165) is 10.0 Å². The number of carbonyl (C=O) groups excluding carboxylic acids is 2. The summed E-state index contributed by atoms with van der Waals surface area (Å²) < 4.78 is 0.993. The maximum absolute atomic E-state index is 11.8. The van der Waals surface area contributed by atoms with Gasteiger partial charge in [0.25, 0.3) is 5.91 Å². The van der Waals surface area contributed by atoms with Gasteiger partial charge >= 0.3 is 0 Å². The molecular weight excluding hydrogens is 332 g/mol. The van der Waals surface area contributed by atoms with E-state index in [1.165, 1.54) is 0 Å². The Bertz CT molecular complexity index is 612. The Hall–Kier alpha value is -2.14. The molecule has 4 nitrogen and oxygen atoms in total. The number of amides is 2. The Kier molecular flexibility index (Phi) is 5.51. The molecule has 21 heavy (non-hydrogen) atoms. The monoisotopic (exact) mass is 346 g/mol. The number of carbonyl (C=O) groups is 2. The molecule has 0 saturated heterocycles. The summed E-state index contributed by atoms with van der Waals surface area (Å²) in [5, 5.41) is 5.34. The van der Waals surface area contributed by atoms with Crippen molar-refractivity contribution in [1.29, 1.82) is 0 Å². The number of hydrogen-bond acceptors (Lipinski definition) is 2. The van der Waals surface area contributed by atoms with E-state index in [9.17, 15) is 9.59 Å². The third kappa shape index (κ3) is 5.04. The van der Waals surface area contributed by atoms with Crippen LogP contribution in [0.3, 0.4) is 0 Å². The van der Waals surface area contributed by atoms with Crippen molar-refractivity contribution in [2.75, 3.05) is 6.54 Å². The van der Waals surface area contributed by atoms with Crippen LogP contribution in [0.15, 0.2) is 59.1 Å². The summed E-state index contributed by atoms with van der Waals surface area (Å²) in [7, 11) is 0. The molecule has 2 rings (SSSR count). The van der Waals surface area contributed by atoms with Crippen molar-refractivity contribution in [3.8, 4) is 0 Å². The molecule has 0 radical (unpaired) electrons. The molecule has 0 unspecified atom stereocenters. The second-order valence-electron chi connectivity index (χ2n) is 4.45. The van der Waals surface area contributed by atoms with Crippen molar-refractivity contribution in [1.82, 2.24) is 10.6 Å². The summed E-state index contributed by atoms with van der Waals surface area (Å²) >= 11 is 3.35. The van der Waals surface area contributed by atoms with Crippen LogP contribution < -0.4 is 10.6 Å². The lowest BCUT2D eigenvalue weighted by Gasteiger charge is -2.07. The fourth-order valence-corrected chi connectivity index (χ4v) is 1.98. The highest BCUT2D eigenvalue weighted by atomic mass is 79.9. The lowest BCUT2D eigenvalue weighted by atomic mass is 10.2. The molecule has 5 heteroatoms. The summed E-state index contributed by atoms with van der Waals surface area (Å²) in [4.78, 5) is 23.4. The van der Waals surface area contributed by atoms with Gasteiger partial charge in [0.15, 0.2) is 0 Å². The molecule has 2 amide bonds. The smallest absolute Gasteiger partial charge is 0.251 e. The average molecular weight is 347 g/mol. The molecule has 0 fully saturated rings. The highest BCUT2D eigenvalue weighted by Crippen LogP contribution is 2.10. The Morgan fingerprint density at radius 2 is 1.57 bits per heavy atom. The van der Waals surface area contributed by atoms with Crippen molar-refractivity contribution in [2.45, 2.75) is 6.54 Å². The fourth-order valence-electron chi connectivity index (χ4n) is 1.72. The summed E-state index contributed by atoms with van der Waals surface area (Å²) in [5.41, 5.74) is 1.54. The molecule has 0 aliphatic rings. The van der Waals surface area contributed by atoms with Gasteiger partial charge in [-0.25, -0.2) is 0 Å². The Labute approximate surface area is 131 Å². The molecule has 2 aromatic carbocycles. The third-order valence-corrected chi connectivity index (χ3v) is 3.38. The molecule has 0 aromatic heterocycles. The van der Waals surface area contributed by atoms with Gasteiger partial charge in [0.2, 0.25) is 5.91 Å². The van der Waals surface area contributed by atoms with Crippen molar-refractivity contribution in [3.63, 3.8) is 0 Å².